The summed E-state index contributed by atoms with van der Waals surface area (Å²) < 4.78 is 25.7. The highest BCUT2D eigenvalue weighted by Crippen LogP contribution is 2.30. The summed E-state index contributed by atoms with van der Waals surface area (Å²) in [5.74, 6) is -0.242. The van der Waals surface area contributed by atoms with Crippen LogP contribution in [0.4, 0.5) is 8.78 Å². The maximum absolute atomic E-state index is 13.6. The second-order valence-corrected chi connectivity index (χ2v) is 5.58. The van der Waals surface area contributed by atoms with E-state index in [1.165, 1.54) is 11.6 Å². The first-order valence-corrected chi connectivity index (χ1v) is 7.92. The first kappa shape index (κ1) is 15.7. The fourth-order valence-corrected chi connectivity index (χ4v) is 2.88. The molecule has 0 saturated heterocycles. The normalized spacial score (nSPS) is 11.2. The third-order valence-electron chi connectivity index (χ3n) is 3.97. The molecule has 0 spiro atoms. The van der Waals surface area contributed by atoms with Crippen molar-refractivity contribution >= 4 is 10.9 Å². The number of nitrogens with one attached hydrogen (secondary N) is 2. The first-order valence-electron chi connectivity index (χ1n) is 7.92. The molecule has 2 aromatic carbocycles. The Balaban J connectivity index is 1.91. The number of aromatic nitrogens is 1. The van der Waals surface area contributed by atoms with Crippen molar-refractivity contribution in [1.29, 1.82) is 0 Å². The van der Waals surface area contributed by atoms with E-state index in [1.807, 2.05) is 24.3 Å². The highest BCUT2D eigenvalue weighted by molar-refractivity contribution is 5.90. The average Bonchev–Trinajstić information content (AvgIpc) is 2.94. The van der Waals surface area contributed by atoms with E-state index >= 15 is 0 Å². The lowest BCUT2D eigenvalue weighted by atomic mass is 10.0. The summed E-state index contributed by atoms with van der Waals surface area (Å²) in [4.78, 5) is 3.41. The maximum atomic E-state index is 13.6. The van der Waals surface area contributed by atoms with E-state index in [4.69, 9.17) is 0 Å². The zero-order valence-electron chi connectivity index (χ0n) is 12.9. The van der Waals surface area contributed by atoms with Gasteiger partial charge in [0.1, 0.15) is 5.82 Å². The third-order valence-corrected chi connectivity index (χ3v) is 3.97. The number of benzene rings is 2. The molecule has 2 N–H and O–H groups in total. The van der Waals surface area contributed by atoms with Gasteiger partial charge in [0.05, 0.1) is 6.67 Å². The van der Waals surface area contributed by atoms with Crippen molar-refractivity contribution in [2.45, 2.75) is 12.8 Å². The van der Waals surface area contributed by atoms with Gasteiger partial charge in [0.15, 0.2) is 0 Å². The van der Waals surface area contributed by atoms with Crippen LogP contribution in [0, 0.1) is 5.82 Å². The topological polar surface area (TPSA) is 27.8 Å². The fourth-order valence-electron chi connectivity index (χ4n) is 2.88. The minimum Gasteiger partial charge on any atom is -0.354 e. The summed E-state index contributed by atoms with van der Waals surface area (Å²) >= 11 is 0. The van der Waals surface area contributed by atoms with Crippen molar-refractivity contribution in [3.8, 4) is 11.3 Å². The van der Waals surface area contributed by atoms with Gasteiger partial charge in [-0.2, -0.15) is 0 Å². The quantitative estimate of drug-likeness (QED) is 0.619. The van der Waals surface area contributed by atoms with E-state index in [0.717, 1.165) is 35.1 Å². The van der Waals surface area contributed by atoms with Crippen molar-refractivity contribution in [2.75, 3.05) is 19.8 Å². The molecule has 0 bridgehead atoms. The second-order valence-electron chi connectivity index (χ2n) is 5.58. The molecule has 0 unspecified atom stereocenters. The van der Waals surface area contributed by atoms with Crippen LogP contribution in [-0.2, 0) is 6.42 Å². The Hall–Kier alpha value is -2.20. The number of hydrogen-bond acceptors (Lipinski definition) is 1. The number of hydrogen-bond donors (Lipinski definition) is 2. The van der Waals surface area contributed by atoms with Crippen molar-refractivity contribution in [2.24, 2.45) is 0 Å². The van der Waals surface area contributed by atoms with Gasteiger partial charge in [-0.3, -0.25) is 4.39 Å². The standard InChI is InChI=1S/C19H20F2N2/c20-10-4-11-22-12-9-17-16-7-1-2-8-18(16)23-19(17)14-5-3-6-15(21)13-14/h1-3,5-8,13,22-23H,4,9-12H2. The van der Waals surface area contributed by atoms with Gasteiger partial charge in [0.25, 0.3) is 0 Å². The van der Waals surface area contributed by atoms with Gasteiger partial charge in [0.2, 0.25) is 0 Å². The molecule has 120 valence electrons. The van der Waals surface area contributed by atoms with Crippen LogP contribution in [0.5, 0.6) is 0 Å². The van der Waals surface area contributed by atoms with Gasteiger partial charge in [-0.1, -0.05) is 30.3 Å². The SMILES string of the molecule is FCCCNCCc1c(-c2cccc(F)c2)[nH]c2ccccc12. The Bertz CT molecular complexity index is 780. The number of halogens is 2. The zero-order valence-corrected chi connectivity index (χ0v) is 12.9. The van der Waals surface area contributed by atoms with Gasteiger partial charge >= 0.3 is 0 Å². The van der Waals surface area contributed by atoms with Crippen LogP contribution in [0.1, 0.15) is 12.0 Å². The number of alkyl halides is 1. The van der Waals surface area contributed by atoms with Crippen LogP contribution in [0.2, 0.25) is 0 Å². The Morgan fingerprint density at radius 2 is 1.87 bits per heavy atom. The van der Waals surface area contributed by atoms with Crippen molar-refractivity contribution < 1.29 is 8.78 Å². The van der Waals surface area contributed by atoms with Gasteiger partial charge < -0.3 is 10.3 Å². The molecule has 3 aromatic rings. The van der Waals surface area contributed by atoms with Gasteiger partial charge in [-0.25, -0.2) is 4.39 Å². The minimum absolute atomic E-state index is 0.242. The summed E-state index contributed by atoms with van der Waals surface area (Å²) in [7, 11) is 0. The summed E-state index contributed by atoms with van der Waals surface area (Å²) in [6, 6.07) is 14.7. The lowest BCUT2D eigenvalue weighted by Gasteiger charge is -2.07. The van der Waals surface area contributed by atoms with Crippen LogP contribution < -0.4 is 5.32 Å². The summed E-state index contributed by atoms with van der Waals surface area (Å²) in [5.41, 5.74) is 4.02. The average molecular weight is 314 g/mol. The molecule has 0 aliphatic rings. The van der Waals surface area contributed by atoms with E-state index in [-0.39, 0.29) is 12.5 Å². The largest absolute Gasteiger partial charge is 0.354 e. The van der Waals surface area contributed by atoms with Crippen molar-refractivity contribution in [3.05, 3.63) is 59.9 Å². The highest BCUT2D eigenvalue weighted by Gasteiger charge is 2.13. The van der Waals surface area contributed by atoms with Gasteiger partial charge in [-0.15, -0.1) is 0 Å². The predicted molar refractivity (Wildman–Crippen MR) is 90.9 cm³/mol. The number of rotatable bonds is 7. The Kier molecular flexibility index (Phi) is 5.03. The first-order chi connectivity index (χ1) is 11.3. The summed E-state index contributed by atoms with van der Waals surface area (Å²) in [5, 5.41) is 4.40. The van der Waals surface area contributed by atoms with Crippen LogP contribution in [-0.4, -0.2) is 24.7 Å². The van der Waals surface area contributed by atoms with E-state index < -0.39 is 0 Å². The Morgan fingerprint density at radius 1 is 1.00 bits per heavy atom. The van der Waals surface area contributed by atoms with Crippen molar-refractivity contribution in [1.82, 2.24) is 10.3 Å². The molecular weight excluding hydrogens is 294 g/mol. The maximum Gasteiger partial charge on any atom is 0.123 e. The molecule has 1 heterocycles. The highest BCUT2D eigenvalue weighted by atomic mass is 19.1. The third kappa shape index (κ3) is 3.59. The van der Waals surface area contributed by atoms with Crippen LogP contribution >= 0.6 is 0 Å². The molecule has 0 amide bonds. The van der Waals surface area contributed by atoms with Crippen LogP contribution in [0.15, 0.2) is 48.5 Å². The van der Waals surface area contributed by atoms with Crippen LogP contribution in [0.3, 0.4) is 0 Å². The number of aromatic amines is 1. The number of para-hydroxylation sites is 1. The molecule has 0 saturated carbocycles. The lowest BCUT2D eigenvalue weighted by Crippen LogP contribution is -2.19. The van der Waals surface area contributed by atoms with E-state index in [0.29, 0.717) is 13.0 Å². The summed E-state index contributed by atoms with van der Waals surface area (Å²) in [6.45, 7) is 1.15. The predicted octanol–water partition coefficient (Wildman–Crippen LogP) is 4.47. The van der Waals surface area contributed by atoms with Gasteiger partial charge in [-0.05, 0) is 49.7 Å². The second kappa shape index (κ2) is 7.38. The molecule has 0 aliphatic carbocycles. The molecular formula is C19H20F2N2. The molecule has 23 heavy (non-hydrogen) atoms. The molecule has 0 atom stereocenters. The molecule has 0 fully saturated rings. The van der Waals surface area contributed by atoms with Gasteiger partial charge in [0, 0.05) is 22.2 Å². The monoisotopic (exact) mass is 314 g/mol. The smallest absolute Gasteiger partial charge is 0.123 e. The van der Waals surface area contributed by atoms with E-state index in [1.54, 1.807) is 12.1 Å². The molecule has 4 heteroatoms. The molecule has 1 aromatic heterocycles. The van der Waals surface area contributed by atoms with Crippen LogP contribution in [0.25, 0.3) is 22.2 Å². The van der Waals surface area contributed by atoms with E-state index in [2.05, 4.69) is 16.4 Å². The molecule has 0 radical (unpaired) electrons. The zero-order chi connectivity index (χ0) is 16.1. The fraction of sp³-hybridized carbons (Fsp3) is 0.263. The van der Waals surface area contributed by atoms with Crippen molar-refractivity contribution in [3.63, 3.8) is 0 Å². The molecule has 2 nitrogen and oxygen atoms in total. The number of fused-ring (bicyclic) bond motifs is 1. The number of H-pyrrole nitrogens is 1. The lowest BCUT2D eigenvalue weighted by molar-refractivity contribution is 0.460. The Morgan fingerprint density at radius 3 is 2.70 bits per heavy atom. The van der Waals surface area contributed by atoms with E-state index in [9.17, 15) is 8.78 Å². The minimum atomic E-state index is -0.297. The molecule has 0 aliphatic heterocycles. The Labute approximate surface area is 134 Å². The molecule has 3 rings (SSSR count). The summed E-state index contributed by atoms with van der Waals surface area (Å²) in [6.07, 6.45) is 1.34.